The van der Waals surface area contributed by atoms with Crippen molar-refractivity contribution in [3.63, 3.8) is 0 Å². The molecule has 1 aliphatic heterocycles. The van der Waals surface area contributed by atoms with E-state index in [4.69, 9.17) is 11.6 Å². The van der Waals surface area contributed by atoms with E-state index in [1.54, 1.807) is 24.4 Å². The zero-order valence-corrected chi connectivity index (χ0v) is 13.2. The molecule has 3 nitrogen and oxygen atoms in total. The Morgan fingerprint density at radius 2 is 1.55 bits per heavy atom. The highest BCUT2D eigenvalue weighted by atomic mass is 35.5. The minimum atomic E-state index is -0.238. The number of halogens is 2. The predicted octanol–water partition coefficient (Wildman–Crippen LogP) is 5.39. The second-order valence-corrected chi connectivity index (χ2v) is 6.30. The third kappa shape index (κ3) is 2.88. The van der Waals surface area contributed by atoms with Crippen molar-refractivity contribution in [2.24, 2.45) is 22.1 Å². The Balaban J connectivity index is 1.92. The van der Waals surface area contributed by atoms with Gasteiger partial charge in [-0.25, -0.2) is 9.37 Å². The van der Waals surface area contributed by atoms with Crippen LogP contribution in [0.15, 0.2) is 52.8 Å². The molecule has 1 aliphatic rings. The number of pyridine rings is 1. The number of nitrogens with zero attached hydrogens (tertiary/aromatic N) is 3. The fraction of sp³-hybridized carbons (Fsp3) is 0.353. The molecule has 3 unspecified atom stereocenters. The van der Waals surface area contributed by atoms with Gasteiger partial charge in [-0.1, -0.05) is 43.6 Å². The standard InChI is InChI=1S/C17H17ClFN3/c1-10(2)15-16(11-3-6-13(19)7-4-11)21-22-17(15)12-5-8-14(18)20-9-12/h3-10,15-17H,1-2H3. The van der Waals surface area contributed by atoms with Gasteiger partial charge in [-0.05, 0) is 35.2 Å². The van der Waals surface area contributed by atoms with E-state index in [0.717, 1.165) is 11.1 Å². The first-order chi connectivity index (χ1) is 10.6. The average molecular weight is 318 g/mol. The monoisotopic (exact) mass is 317 g/mol. The zero-order valence-electron chi connectivity index (χ0n) is 12.4. The number of benzene rings is 1. The fourth-order valence-electron chi connectivity index (χ4n) is 3.00. The van der Waals surface area contributed by atoms with Crippen molar-refractivity contribution in [3.05, 3.63) is 64.7 Å². The van der Waals surface area contributed by atoms with Crippen molar-refractivity contribution < 1.29 is 4.39 Å². The molecule has 0 saturated carbocycles. The SMILES string of the molecule is CC(C)C1C(c2ccc(F)cc2)N=NC1c1ccc(Cl)nc1. The van der Waals surface area contributed by atoms with Crippen LogP contribution in [0.2, 0.25) is 5.15 Å². The Kier molecular flexibility index (Phi) is 4.21. The van der Waals surface area contributed by atoms with Crippen LogP contribution in [0.4, 0.5) is 4.39 Å². The summed E-state index contributed by atoms with van der Waals surface area (Å²) in [5.74, 6) is 0.359. The van der Waals surface area contributed by atoms with Crippen LogP contribution >= 0.6 is 11.6 Å². The van der Waals surface area contributed by atoms with Crippen LogP contribution in [0, 0.1) is 17.7 Å². The topological polar surface area (TPSA) is 37.6 Å². The molecule has 0 saturated heterocycles. The molecule has 5 heteroatoms. The number of rotatable bonds is 3. The molecule has 1 aromatic heterocycles. The van der Waals surface area contributed by atoms with E-state index < -0.39 is 0 Å². The molecule has 2 heterocycles. The molecule has 0 aliphatic carbocycles. The number of aromatic nitrogens is 1. The van der Waals surface area contributed by atoms with Crippen LogP contribution in [-0.2, 0) is 0 Å². The van der Waals surface area contributed by atoms with Crippen LogP contribution in [0.5, 0.6) is 0 Å². The van der Waals surface area contributed by atoms with E-state index in [1.807, 2.05) is 6.07 Å². The van der Waals surface area contributed by atoms with Crippen LogP contribution in [0.25, 0.3) is 0 Å². The highest BCUT2D eigenvalue weighted by Crippen LogP contribution is 2.47. The van der Waals surface area contributed by atoms with Crippen molar-refractivity contribution in [1.29, 1.82) is 0 Å². The van der Waals surface area contributed by atoms with Crippen molar-refractivity contribution >= 4 is 11.6 Å². The maximum absolute atomic E-state index is 13.1. The first-order valence-electron chi connectivity index (χ1n) is 7.33. The van der Waals surface area contributed by atoms with E-state index >= 15 is 0 Å². The van der Waals surface area contributed by atoms with E-state index in [0.29, 0.717) is 11.1 Å². The maximum Gasteiger partial charge on any atom is 0.129 e. The van der Waals surface area contributed by atoms with E-state index in [9.17, 15) is 4.39 Å². The molecule has 0 fully saturated rings. The van der Waals surface area contributed by atoms with Crippen molar-refractivity contribution in [2.75, 3.05) is 0 Å². The van der Waals surface area contributed by atoms with Crippen LogP contribution in [0.3, 0.4) is 0 Å². The normalized spacial score (nSPS) is 24.1. The van der Waals surface area contributed by atoms with Crippen molar-refractivity contribution in [2.45, 2.75) is 25.9 Å². The van der Waals surface area contributed by atoms with Crippen LogP contribution in [0.1, 0.15) is 37.1 Å². The Bertz CT molecular complexity index is 612. The highest BCUT2D eigenvalue weighted by Gasteiger charge is 2.38. The summed E-state index contributed by atoms with van der Waals surface area (Å²) >= 11 is 5.86. The summed E-state index contributed by atoms with van der Waals surface area (Å²) in [6, 6.07) is 10.1. The van der Waals surface area contributed by atoms with Crippen LogP contribution in [-0.4, -0.2) is 4.98 Å². The smallest absolute Gasteiger partial charge is 0.129 e. The van der Waals surface area contributed by atoms with Gasteiger partial charge >= 0.3 is 0 Å². The van der Waals surface area contributed by atoms with Gasteiger partial charge in [-0.2, -0.15) is 10.2 Å². The summed E-state index contributed by atoms with van der Waals surface area (Å²) in [7, 11) is 0. The van der Waals surface area contributed by atoms with Gasteiger partial charge in [0.05, 0.1) is 0 Å². The lowest BCUT2D eigenvalue weighted by molar-refractivity contribution is 0.313. The Morgan fingerprint density at radius 3 is 2.09 bits per heavy atom. The Labute approximate surface area is 134 Å². The average Bonchev–Trinajstić information content (AvgIpc) is 2.94. The van der Waals surface area contributed by atoms with E-state index in [2.05, 4.69) is 29.1 Å². The third-order valence-corrected chi connectivity index (χ3v) is 4.34. The Morgan fingerprint density at radius 1 is 0.955 bits per heavy atom. The predicted molar refractivity (Wildman–Crippen MR) is 84.3 cm³/mol. The van der Waals surface area contributed by atoms with Gasteiger partial charge in [0.15, 0.2) is 0 Å². The van der Waals surface area contributed by atoms with E-state index in [1.165, 1.54) is 12.1 Å². The lowest BCUT2D eigenvalue weighted by Crippen LogP contribution is -2.19. The van der Waals surface area contributed by atoms with Gasteiger partial charge < -0.3 is 0 Å². The number of azo groups is 1. The summed E-state index contributed by atoms with van der Waals surface area (Å²) in [5, 5.41) is 9.39. The largest absolute Gasteiger partial charge is 0.244 e. The summed E-state index contributed by atoms with van der Waals surface area (Å²) in [4.78, 5) is 4.14. The van der Waals surface area contributed by atoms with Crippen molar-refractivity contribution in [3.8, 4) is 0 Å². The third-order valence-electron chi connectivity index (χ3n) is 4.12. The van der Waals surface area contributed by atoms with Crippen LogP contribution < -0.4 is 0 Å². The lowest BCUT2D eigenvalue weighted by atomic mass is 9.79. The molecule has 0 radical (unpaired) electrons. The van der Waals surface area contributed by atoms with E-state index in [-0.39, 0.29) is 23.8 Å². The van der Waals surface area contributed by atoms with Gasteiger partial charge in [-0.15, -0.1) is 0 Å². The molecule has 0 amide bonds. The van der Waals surface area contributed by atoms with Gasteiger partial charge in [-0.3, -0.25) is 0 Å². The zero-order chi connectivity index (χ0) is 15.7. The van der Waals surface area contributed by atoms with Gasteiger partial charge in [0.2, 0.25) is 0 Å². The molecular formula is C17H17ClFN3. The Hall–Kier alpha value is -1.81. The molecule has 0 bridgehead atoms. The summed E-state index contributed by atoms with van der Waals surface area (Å²) in [6.07, 6.45) is 1.76. The first-order valence-corrected chi connectivity index (χ1v) is 7.71. The summed E-state index contributed by atoms with van der Waals surface area (Å²) in [5.41, 5.74) is 2.00. The number of hydrogen-bond acceptors (Lipinski definition) is 3. The molecule has 0 N–H and O–H groups in total. The number of hydrogen-bond donors (Lipinski definition) is 0. The second kappa shape index (κ2) is 6.13. The second-order valence-electron chi connectivity index (χ2n) is 5.91. The van der Waals surface area contributed by atoms with Gasteiger partial charge in [0.1, 0.15) is 23.1 Å². The van der Waals surface area contributed by atoms with Crippen molar-refractivity contribution in [1.82, 2.24) is 4.98 Å². The maximum atomic E-state index is 13.1. The fourth-order valence-corrected chi connectivity index (χ4v) is 3.11. The molecule has 0 spiro atoms. The summed E-state index contributed by atoms with van der Waals surface area (Å²) in [6.45, 7) is 4.32. The molecular weight excluding hydrogens is 301 g/mol. The molecule has 1 aromatic carbocycles. The minimum Gasteiger partial charge on any atom is -0.244 e. The molecule has 114 valence electrons. The quantitative estimate of drug-likeness (QED) is 0.699. The molecule has 22 heavy (non-hydrogen) atoms. The highest BCUT2D eigenvalue weighted by molar-refractivity contribution is 6.29. The first kappa shape index (κ1) is 15.1. The minimum absolute atomic E-state index is 0.0418. The molecule has 2 aromatic rings. The molecule has 3 rings (SSSR count). The summed E-state index contributed by atoms with van der Waals surface area (Å²) < 4.78 is 13.1. The lowest BCUT2D eigenvalue weighted by Gasteiger charge is -2.25. The van der Waals surface area contributed by atoms with Gasteiger partial charge in [0, 0.05) is 12.1 Å². The van der Waals surface area contributed by atoms with Gasteiger partial charge in [0.25, 0.3) is 0 Å². The molecule has 3 atom stereocenters.